The molecule has 0 aliphatic rings. The summed E-state index contributed by atoms with van der Waals surface area (Å²) in [6.45, 7) is 4.01. The lowest BCUT2D eigenvalue weighted by atomic mass is 9.82. The Morgan fingerprint density at radius 3 is 2.57 bits per heavy atom. The number of rotatable bonds is 6. The van der Waals surface area contributed by atoms with Gasteiger partial charge in [-0.15, -0.1) is 0 Å². The fourth-order valence-corrected chi connectivity index (χ4v) is 2.45. The Morgan fingerprint density at radius 2 is 1.95 bits per heavy atom. The molecule has 2 rings (SSSR count). The molecule has 0 atom stereocenters. The van der Waals surface area contributed by atoms with Crippen molar-refractivity contribution in [3.63, 3.8) is 0 Å². The highest BCUT2D eigenvalue weighted by atomic mass is 16.4. The number of benzene rings is 1. The second-order valence-corrected chi connectivity index (χ2v) is 5.25. The second-order valence-electron chi connectivity index (χ2n) is 5.25. The van der Waals surface area contributed by atoms with Gasteiger partial charge in [0.05, 0.1) is 5.41 Å². The zero-order valence-corrected chi connectivity index (χ0v) is 12.3. The van der Waals surface area contributed by atoms with E-state index in [0.29, 0.717) is 24.0 Å². The van der Waals surface area contributed by atoms with Gasteiger partial charge in [-0.1, -0.05) is 32.0 Å². The second kappa shape index (κ2) is 5.99. The molecule has 0 unspecified atom stereocenters. The van der Waals surface area contributed by atoms with E-state index in [2.05, 4.69) is 10.3 Å². The number of aromatic amines is 1. The van der Waals surface area contributed by atoms with Gasteiger partial charge in [0.15, 0.2) is 0 Å². The molecule has 1 heterocycles. The number of carboxylic acid groups (broad SMARTS) is 1. The van der Waals surface area contributed by atoms with Crippen molar-refractivity contribution in [2.24, 2.45) is 5.41 Å². The number of aliphatic carboxylic acids is 1. The molecule has 0 saturated heterocycles. The van der Waals surface area contributed by atoms with E-state index in [9.17, 15) is 14.7 Å². The Kier molecular flexibility index (Phi) is 4.31. The summed E-state index contributed by atoms with van der Waals surface area (Å²) in [6, 6.07) is 9.13. The predicted octanol–water partition coefficient (Wildman–Crippen LogP) is 2.83. The molecule has 2 aromatic rings. The normalized spacial score (nSPS) is 11.5. The van der Waals surface area contributed by atoms with Crippen LogP contribution in [0.15, 0.2) is 35.1 Å². The van der Waals surface area contributed by atoms with E-state index < -0.39 is 11.4 Å². The molecule has 0 radical (unpaired) electrons. The van der Waals surface area contributed by atoms with Gasteiger partial charge in [-0.2, -0.15) is 0 Å². The molecule has 5 nitrogen and oxygen atoms in total. The van der Waals surface area contributed by atoms with E-state index in [1.807, 2.05) is 38.1 Å². The molecular weight excluding hydrogens is 268 g/mol. The molecule has 1 aromatic carbocycles. The first-order valence-electron chi connectivity index (χ1n) is 7.11. The standard InChI is InChI=1S/C16H20N2O3/c1-3-16(4-2,15(20)21)10-17-13-9-11-7-5-6-8-12(11)14(19)18-13/h5-9H,3-4,10H2,1-2H3,(H,20,21)(H2,17,18,19). The Balaban J connectivity index is 2.28. The lowest BCUT2D eigenvalue weighted by Crippen LogP contribution is -2.37. The fraction of sp³-hybridized carbons (Fsp3) is 0.375. The Bertz CT molecular complexity index is 702. The van der Waals surface area contributed by atoms with Crippen LogP contribution in [0, 0.1) is 5.41 Å². The van der Waals surface area contributed by atoms with Crippen LogP contribution in [-0.4, -0.2) is 22.6 Å². The van der Waals surface area contributed by atoms with Gasteiger partial charge < -0.3 is 15.4 Å². The van der Waals surface area contributed by atoms with Crippen LogP contribution in [0.5, 0.6) is 0 Å². The van der Waals surface area contributed by atoms with Crippen molar-refractivity contribution in [2.75, 3.05) is 11.9 Å². The molecule has 0 spiro atoms. The lowest BCUT2D eigenvalue weighted by molar-refractivity contribution is -0.148. The fourth-order valence-electron chi connectivity index (χ4n) is 2.45. The number of hydrogen-bond acceptors (Lipinski definition) is 3. The number of aromatic nitrogens is 1. The Hall–Kier alpha value is -2.30. The minimum absolute atomic E-state index is 0.176. The average molecular weight is 288 g/mol. The third kappa shape index (κ3) is 2.91. The first-order chi connectivity index (χ1) is 10.0. The maximum atomic E-state index is 12.0. The van der Waals surface area contributed by atoms with Gasteiger partial charge >= 0.3 is 5.97 Å². The van der Waals surface area contributed by atoms with Crippen molar-refractivity contribution in [3.8, 4) is 0 Å². The van der Waals surface area contributed by atoms with E-state index >= 15 is 0 Å². The summed E-state index contributed by atoms with van der Waals surface area (Å²) >= 11 is 0. The predicted molar refractivity (Wildman–Crippen MR) is 83.7 cm³/mol. The smallest absolute Gasteiger partial charge is 0.311 e. The minimum atomic E-state index is -0.817. The number of carbonyl (C=O) groups is 1. The molecule has 112 valence electrons. The van der Waals surface area contributed by atoms with Crippen molar-refractivity contribution in [1.82, 2.24) is 4.98 Å². The van der Waals surface area contributed by atoms with Crippen molar-refractivity contribution in [3.05, 3.63) is 40.7 Å². The highest BCUT2D eigenvalue weighted by Gasteiger charge is 2.34. The van der Waals surface area contributed by atoms with Gasteiger partial charge in [-0.05, 0) is 30.4 Å². The SMILES string of the molecule is CCC(CC)(CNc1cc2ccccc2c(=O)[nH]1)C(=O)O. The number of H-pyrrole nitrogens is 1. The van der Waals surface area contributed by atoms with Crippen molar-refractivity contribution in [1.29, 1.82) is 0 Å². The molecule has 0 bridgehead atoms. The summed E-state index contributed by atoms with van der Waals surface area (Å²) < 4.78 is 0. The third-order valence-electron chi connectivity index (χ3n) is 4.18. The monoisotopic (exact) mass is 288 g/mol. The van der Waals surface area contributed by atoms with Crippen LogP contribution in [0.2, 0.25) is 0 Å². The average Bonchev–Trinajstić information content (AvgIpc) is 2.48. The van der Waals surface area contributed by atoms with Gasteiger partial charge in [0.25, 0.3) is 5.56 Å². The first-order valence-corrected chi connectivity index (χ1v) is 7.11. The van der Waals surface area contributed by atoms with Gasteiger partial charge in [0, 0.05) is 11.9 Å². The summed E-state index contributed by atoms with van der Waals surface area (Å²) in [4.78, 5) is 26.2. The van der Waals surface area contributed by atoms with Crippen molar-refractivity contribution in [2.45, 2.75) is 26.7 Å². The molecule has 1 aromatic heterocycles. The van der Waals surface area contributed by atoms with E-state index in [-0.39, 0.29) is 12.1 Å². The summed E-state index contributed by atoms with van der Waals surface area (Å²) in [7, 11) is 0. The van der Waals surface area contributed by atoms with Crippen LogP contribution in [0.1, 0.15) is 26.7 Å². The van der Waals surface area contributed by atoms with Gasteiger partial charge in [0.1, 0.15) is 5.82 Å². The molecule has 0 fully saturated rings. The molecule has 21 heavy (non-hydrogen) atoms. The molecule has 3 N–H and O–H groups in total. The van der Waals surface area contributed by atoms with Crippen LogP contribution < -0.4 is 10.9 Å². The number of pyridine rings is 1. The Morgan fingerprint density at radius 1 is 1.29 bits per heavy atom. The highest BCUT2D eigenvalue weighted by Crippen LogP contribution is 2.27. The van der Waals surface area contributed by atoms with Gasteiger partial charge in [0.2, 0.25) is 0 Å². The van der Waals surface area contributed by atoms with E-state index in [1.54, 1.807) is 6.07 Å². The van der Waals surface area contributed by atoms with Gasteiger partial charge in [-0.25, -0.2) is 0 Å². The maximum Gasteiger partial charge on any atom is 0.311 e. The van der Waals surface area contributed by atoms with Crippen LogP contribution in [-0.2, 0) is 4.79 Å². The van der Waals surface area contributed by atoms with Crippen molar-refractivity contribution >= 4 is 22.6 Å². The van der Waals surface area contributed by atoms with E-state index in [1.165, 1.54) is 0 Å². The molecule has 0 aliphatic carbocycles. The first kappa shape index (κ1) is 15.1. The summed E-state index contributed by atoms with van der Waals surface area (Å²) in [5.41, 5.74) is -0.993. The zero-order valence-electron chi connectivity index (χ0n) is 12.3. The van der Waals surface area contributed by atoms with E-state index in [4.69, 9.17) is 0 Å². The number of carboxylic acids is 1. The quantitative estimate of drug-likeness (QED) is 0.763. The lowest BCUT2D eigenvalue weighted by Gasteiger charge is -2.27. The number of hydrogen-bond donors (Lipinski definition) is 3. The number of nitrogens with one attached hydrogen (secondary N) is 2. The van der Waals surface area contributed by atoms with E-state index in [0.717, 1.165) is 5.39 Å². The van der Waals surface area contributed by atoms with Crippen LogP contribution >= 0.6 is 0 Å². The molecular formula is C16H20N2O3. The minimum Gasteiger partial charge on any atom is -0.481 e. The summed E-state index contributed by atoms with van der Waals surface area (Å²) in [5.74, 6) is -0.269. The van der Waals surface area contributed by atoms with Crippen LogP contribution in [0.3, 0.4) is 0 Å². The topological polar surface area (TPSA) is 82.2 Å². The molecule has 0 amide bonds. The Labute approximate surface area is 123 Å². The molecule has 0 aliphatic heterocycles. The van der Waals surface area contributed by atoms with Crippen molar-refractivity contribution < 1.29 is 9.90 Å². The maximum absolute atomic E-state index is 12.0. The van der Waals surface area contributed by atoms with Crippen LogP contribution in [0.4, 0.5) is 5.82 Å². The summed E-state index contributed by atoms with van der Waals surface area (Å²) in [6.07, 6.45) is 1.06. The molecule has 0 saturated carbocycles. The van der Waals surface area contributed by atoms with Crippen LogP contribution in [0.25, 0.3) is 10.8 Å². The van der Waals surface area contributed by atoms with Gasteiger partial charge in [-0.3, -0.25) is 9.59 Å². The summed E-state index contributed by atoms with van der Waals surface area (Å²) in [5, 5.41) is 13.9. The zero-order chi connectivity index (χ0) is 15.5. The number of anilines is 1. The molecule has 5 heteroatoms. The third-order valence-corrected chi connectivity index (χ3v) is 4.18. The largest absolute Gasteiger partial charge is 0.481 e. The highest BCUT2D eigenvalue weighted by molar-refractivity contribution is 5.83. The number of fused-ring (bicyclic) bond motifs is 1.